The van der Waals surface area contributed by atoms with Crippen LogP contribution in [0, 0.1) is 0 Å². The summed E-state index contributed by atoms with van der Waals surface area (Å²) in [6.07, 6.45) is 1.34. The van der Waals surface area contributed by atoms with Crippen molar-refractivity contribution in [3.05, 3.63) is 82.9 Å². The Kier molecular flexibility index (Phi) is 8.47. The van der Waals surface area contributed by atoms with Crippen LogP contribution in [0.5, 0.6) is 17.2 Å². The van der Waals surface area contributed by atoms with E-state index in [1.54, 1.807) is 61.5 Å². The van der Waals surface area contributed by atoms with Crippen molar-refractivity contribution in [1.82, 2.24) is 5.32 Å². The van der Waals surface area contributed by atoms with Gasteiger partial charge >= 0.3 is 6.03 Å². The molecule has 10 nitrogen and oxygen atoms in total. The molecule has 2 N–H and O–H groups in total. The Morgan fingerprint density at radius 3 is 2.44 bits per heavy atom. The Hall–Kier alpha value is -4.83. The fourth-order valence-electron chi connectivity index (χ4n) is 3.68. The Labute approximate surface area is 229 Å². The number of nitrogens with one attached hydrogen (secondary N) is 2. The number of rotatable bonds is 9. The fourth-order valence-corrected chi connectivity index (χ4v) is 3.87. The Morgan fingerprint density at radius 2 is 1.74 bits per heavy atom. The van der Waals surface area contributed by atoms with E-state index >= 15 is 0 Å². The van der Waals surface area contributed by atoms with Crippen molar-refractivity contribution >= 4 is 52.8 Å². The minimum Gasteiger partial charge on any atom is -0.497 e. The first-order valence-electron chi connectivity index (χ1n) is 11.8. The number of carbonyl (C=O) groups is 4. The summed E-state index contributed by atoms with van der Waals surface area (Å²) >= 11 is 6.07. The summed E-state index contributed by atoms with van der Waals surface area (Å²) in [7, 11) is 1.50. The van der Waals surface area contributed by atoms with E-state index < -0.39 is 23.8 Å². The van der Waals surface area contributed by atoms with Crippen molar-refractivity contribution in [2.24, 2.45) is 0 Å². The minimum absolute atomic E-state index is 0.249. The van der Waals surface area contributed by atoms with E-state index in [-0.39, 0.29) is 23.6 Å². The number of hydrogen-bond acceptors (Lipinski definition) is 7. The summed E-state index contributed by atoms with van der Waals surface area (Å²) in [5.74, 6) is -0.924. The Bertz CT molecular complexity index is 1450. The van der Waals surface area contributed by atoms with Crippen molar-refractivity contribution in [3.8, 4) is 17.2 Å². The van der Waals surface area contributed by atoms with E-state index in [1.165, 1.54) is 25.3 Å². The number of amides is 5. The van der Waals surface area contributed by atoms with Crippen molar-refractivity contribution in [2.75, 3.05) is 30.5 Å². The van der Waals surface area contributed by atoms with Crippen molar-refractivity contribution in [3.63, 3.8) is 0 Å². The van der Waals surface area contributed by atoms with E-state index in [0.29, 0.717) is 34.4 Å². The molecular weight excluding hydrogens is 526 g/mol. The van der Waals surface area contributed by atoms with Gasteiger partial charge in [0.1, 0.15) is 11.3 Å². The van der Waals surface area contributed by atoms with Crippen LogP contribution in [0.25, 0.3) is 6.08 Å². The highest BCUT2D eigenvalue weighted by Crippen LogP contribution is 2.31. The number of anilines is 2. The van der Waals surface area contributed by atoms with Crippen LogP contribution in [0.2, 0.25) is 5.02 Å². The van der Waals surface area contributed by atoms with Gasteiger partial charge in [0.25, 0.3) is 17.7 Å². The molecule has 0 atom stereocenters. The maximum atomic E-state index is 13.2. The van der Waals surface area contributed by atoms with Gasteiger partial charge in [-0.2, -0.15) is 0 Å². The van der Waals surface area contributed by atoms with Gasteiger partial charge in [-0.3, -0.25) is 19.7 Å². The molecular formula is C28H24ClN3O7. The highest BCUT2D eigenvalue weighted by atomic mass is 35.5. The van der Waals surface area contributed by atoms with Crippen LogP contribution in [0.3, 0.4) is 0 Å². The van der Waals surface area contributed by atoms with E-state index in [1.807, 2.05) is 0 Å². The van der Waals surface area contributed by atoms with Gasteiger partial charge in [0.15, 0.2) is 18.1 Å². The van der Waals surface area contributed by atoms with Crippen LogP contribution in [0.1, 0.15) is 12.5 Å². The Morgan fingerprint density at radius 1 is 1.00 bits per heavy atom. The second-order valence-electron chi connectivity index (χ2n) is 8.11. The number of benzene rings is 3. The lowest BCUT2D eigenvalue weighted by molar-refractivity contribution is -0.122. The third kappa shape index (κ3) is 6.36. The van der Waals surface area contributed by atoms with Crippen LogP contribution in [0.15, 0.2) is 72.3 Å². The molecule has 1 saturated heterocycles. The molecule has 0 bridgehead atoms. The lowest BCUT2D eigenvalue weighted by Gasteiger charge is -2.26. The molecule has 0 radical (unpaired) electrons. The maximum absolute atomic E-state index is 13.2. The lowest BCUT2D eigenvalue weighted by Crippen LogP contribution is -2.54. The lowest BCUT2D eigenvalue weighted by atomic mass is 10.1. The van der Waals surface area contributed by atoms with Crippen molar-refractivity contribution in [1.29, 1.82) is 0 Å². The molecule has 5 amide bonds. The first-order valence-corrected chi connectivity index (χ1v) is 12.2. The van der Waals surface area contributed by atoms with Crippen LogP contribution in [0.4, 0.5) is 16.2 Å². The molecule has 4 rings (SSSR count). The van der Waals surface area contributed by atoms with E-state index in [4.69, 9.17) is 25.8 Å². The molecule has 0 unspecified atom stereocenters. The summed E-state index contributed by atoms with van der Waals surface area (Å²) in [5.41, 5.74) is 0.914. The molecule has 1 aliphatic heterocycles. The van der Waals surface area contributed by atoms with Gasteiger partial charge in [0, 0.05) is 0 Å². The van der Waals surface area contributed by atoms with Crippen LogP contribution >= 0.6 is 11.6 Å². The molecule has 1 aliphatic rings. The molecule has 11 heteroatoms. The second-order valence-corrected chi connectivity index (χ2v) is 8.52. The number of hydrogen-bond donors (Lipinski definition) is 2. The number of nitrogens with zero attached hydrogens (tertiary/aromatic N) is 1. The third-order valence-corrected chi connectivity index (χ3v) is 5.85. The number of imide groups is 2. The number of halogens is 1. The molecule has 200 valence electrons. The predicted molar refractivity (Wildman–Crippen MR) is 145 cm³/mol. The van der Waals surface area contributed by atoms with Crippen LogP contribution in [-0.4, -0.2) is 44.1 Å². The largest absolute Gasteiger partial charge is 0.497 e. The van der Waals surface area contributed by atoms with Gasteiger partial charge in [0.2, 0.25) is 0 Å². The molecule has 3 aromatic rings. The quantitative estimate of drug-likeness (QED) is 0.299. The van der Waals surface area contributed by atoms with Gasteiger partial charge < -0.3 is 19.5 Å². The molecule has 1 heterocycles. The van der Waals surface area contributed by atoms with Crippen molar-refractivity contribution < 1.29 is 33.4 Å². The van der Waals surface area contributed by atoms with Crippen molar-refractivity contribution in [2.45, 2.75) is 6.92 Å². The molecule has 1 fully saturated rings. The summed E-state index contributed by atoms with van der Waals surface area (Å²) in [6.45, 7) is 1.75. The Balaban J connectivity index is 1.53. The zero-order chi connectivity index (χ0) is 27.9. The normalized spacial score (nSPS) is 14.2. The number of para-hydroxylation sites is 1. The van der Waals surface area contributed by atoms with E-state index in [9.17, 15) is 19.2 Å². The summed E-state index contributed by atoms with van der Waals surface area (Å²) in [5, 5.41) is 5.25. The smallest absolute Gasteiger partial charge is 0.335 e. The zero-order valence-electron chi connectivity index (χ0n) is 21.0. The molecule has 0 aliphatic carbocycles. The van der Waals surface area contributed by atoms with Gasteiger partial charge in [-0.15, -0.1) is 0 Å². The topological polar surface area (TPSA) is 123 Å². The second kappa shape index (κ2) is 12.1. The fraction of sp³-hybridized carbons (Fsp3) is 0.143. The van der Waals surface area contributed by atoms with Crippen LogP contribution in [-0.2, 0) is 14.4 Å². The minimum atomic E-state index is -0.860. The SMILES string of the molecule is CCOc1cc(/C=C2\C(=O)NC(=O)N(c3ccc(OC)cc3)C2=O)ccc1OCC(=O)Nc1ccccc1Cl. The van der Waals surface area contributed by atoms with Gasteiger partial charge in [-0.1, -0.05) is 29.8 Å². The summed E-state index contributed by atoms with van der Waals surface area (Å²) in [4.78, 5) is 51.4. The van der Waals surface area contributed by atoms with Gasteiger partial charge in [-0.05, 0) is 67.1 Å². The maximum Gasteiger partial charge on any atom is 0.335 e. The number of methoxy groups -OCH3 is 1. The molecule has 0 saturated carbocycles. The zero-order valence-corrected chi connectivity index (χ0v) is 21.8. The number of carbonyl (C=O) groups excluding carboxylic acids is 4. The van der Waals surface area contributed by atoms with E-state index in [2.05, 4.69) is 10.6 Å². The number of urea groups is 1. The van der Waals surface area contributed by atoms with Gasteiger partial charge in [-0.25, -0.2) is 9.69 Å². The molecule has 39 heavy (non-hydrogen) atoms. The average Bonchev–Trinajstić information content (AvgIpc) is 2.92. The molecule has 0 aromatic heterocycles. The number of ether oxygens (including phenoxy) is 3. The van der Waals surface area contributed by atoms with E-state index in [0.717, 1.165) is 4.90 Å². The molecule has 0 spiro atoms. The summed E-state index contributed by atoms with van der Waals surface area (Å²) in [6, 6.07) is 16.9. The first-order chi connectivity index (χ1) is 18.8. The third-order valence-electron chi connectivity index (χ3n) is 5.52. The number of barbiturate groups is 1. The highest BCUT2D eigenvalue weighted by Gasteiger charge is 2.36. The summed E-state index contributed by atoms with van der Waals surface area (Å²) < 4.78 is 16.4. The molecule has 3 aromatic carbocycles. The van der Waals surface area contributed by atoms with Crippen LogP contribution < -0.4 is 29.7 Å². The average molecular weight is 550 g/mol. The van der Waals surface area contributed by atoms with Gasteiger partial charge in [0.05, 0.1) is 30.1 Å². The standard InChI is InChI=1S/C28H24ClN3O7/c1-3-38-24-15-17(8-13-23(24)39-16-25(33)30-22-7-5-4-6-21(22)29)14-20-26(34)31-28(36)32(27(20)35)18-9-11-19(37-2)12-10-18/h4-15H,3,16H2,1-2H3,(H,30,33)(H,31,34,36)/b20-14+. The first kappa shape index (κ1) is 27.2. The highest BCUT2D eigenvalue weighted by molar-refractivity contribution is 6.39. The predicted octanol–water partition coefficient (Wildman–Crippen LogP) is 4.43. The monoisotopic (exact) mass is 549 g/mol.